The van der Waals surface area contributed by atoms with Gasteiger partial charge in [0.05, 0.1) is 6.42 Å². The third-order valence-corrected chi connectivity index (χ3v) is 5.51. The maximum Gasteiger partial charge on any atom is 0.305 e. The van der Waals surface area contributed by atoms with E-state index in [1.807, 2.05) is 36.4 Å². The number of unbranched alkanes of at least 4 members (excludes halogenated alkanes) is 1. The van der Waals surface area contributed by atoms with Crippen molar-refractivity contribution >= 4 is 29.0 Å². The van der Waals surface area contributed by atoms with Crippen molar-refractivity contribution in [3.63, 3.8) is 0 Å². The highest BCUT2D eigenvalue weighted by Crippen LogP contribution is 2.28. The van der Waals surface area contributed by atoms with Crippen molar-refractivity contribution in [2.45, 2.75) is 32.2 Å². The summed E-state index contributed by atoms with van der Waals surface area (Å²) >= 11 is 5.17. The lowest BCUT2D eigenvalue weighted by Crippen LogP contribution is -2.36. The van der Waals surface area contributed by atoms with E-state index >= 15 is 0 Å². The third kappa shape index (κ3) is 9.62. The van der Waals surface area contributed by atoms with Crippen molar-refractivity contribution in [1.29, 1.82) is 0 Å². The lowest BCUT2D eigenvalue weighted by molar-refractivity contribution is -0.136. The Bertz CT molecular complexity index is 1110. The van der Waals surface area contributed by atoms with E-state index < -0.39 is 5.97 Å². The lowest BCUT2D eigenvalue weighted by Gasteiger charge is -2.15. The molecule has 0 heterocycles. The number of rotatable bonds is 13. The SMILES string of the molecule is O=C(O)CCNC(=S)NCCCCc1cc(Oc2cccc(F)c2)ccc1NCc1ccccc1. The molecule has 6 nitrogen and oxygen atoms in total. The Morgan fingerprint density at radius 2 is 1.69 bits per heavy atom. The molecule has 3 aromatic rings. The van der Waals surface area contributed by atoms with Gasteiger partial charge in [0.2, 0.25) is 0 Å². The first-order chi connectivity index (χ1) is 17.0. The Hall–Kier alpha value is -3.65. The normalized spacial score (nSPS) is 10.4. The molecule has 0 amide bonds. The van der Waals surface area contributed by atoms with Gasteiger partial charge < -0.3 is 25.8 Å². The Kier molecular flexibility index (Phi) is 10.3. The fraction of sp³-hybridized carbons (Fsp3) is 0.259. The van der Waals surface area contributed by atoms with E-state index in [-0.39, 0.29) is 12.2 Å². The molecule has 0 saturated heterocycles. The maximum atomic E-state index is 13.5. The van der Waals surface area contributed by atoms with Crippen molar-refractivity contribution in [1.82, 2.24) is 10.6 Å². The fourth-order valence-electron chi connectivity index (χ4n) is 3.46. The van der Waals surface area contributed by atoms with Gasteiger partial charge in [0.25, 0.3) is 0 Å². The van der Waals surface area contributed by atoms with E-state index in [1.54, 1.807) is 12.1 Å². The molecule has 0 unspecified atom stereocenters. The van der Waals surface area contributed by atoms with Crippen LogP contribution < -0.4 is 20.7 Å². The van der Waals surface area contributed by atoms with Crippen LogP contribution >= 0.6 is 12.2 Å². The summed E-state index contributed by atoms with van der Waals surface area (Å²) in [5.74, 6) is -0.0980. The predicted octanol–water partition coefficient (Wildman–Crippen LogP) is 5.49. The van der Waals surface area contributed by atoms with Gasteiger partial charge in [-0.1, -0.05) is 36.4 Å². The van der Waals surface area contributed by atoms with Crippen LogP contribution in [0.2, 0.25) is 0 Å². The number of anilines is 1. The Morgan fingerprint density at radius 1 is 0.914 bits per heavy atom. The molecule has 3 rings (SSSR count). The molecule has 3 aromatic carbocycles. The molecule has 0 radical (unpaired) electrons. The number of carboxylic acids is 1. The number of benzene rings is 3. The molecule has 0 aliphatic carbocycles. The van der Waals surface area contributed by atoms with Gasteiger partial charge in [0.1, 0.15) is 17.3 Å². The molecule has 0 atom stereocenters. The average molecular weight is 496 g/mol. The Balaban J connectivity index is 1.57. The second-order valence-electron chi connectivity index (χ2n) is 8.00. The molecule has 0 aromatic heterocycles. The van der Waals surface area contributed by atoms with Crippen LogP contribution in [0, 0.1) is 5.82 Å². The highest BCUT2D eigenvalue weighted by atomic mass is 32.1. The predicted molar refractivity (Wildman–Crippen MR) is 140 cm³/mol. The monoisotopic (exact) mass is 495 g/mol. The number of carbonyl (C=O) groups is 1. The number of aliphatic carboxylic acids is 1. The zero-order valence-electron chi connectivity index (χ0n) is 19.4. The van der Waals surface area contributed by atoms with Gasteiger partial charge in [-0.2, -0.15) is 0 Å². The van der Waals surface area contributed by atoms with Crippen molar-refractivity contribution in [3.8, 4) is 11.5 Å². The molecule has 0 aliphatic rings. The van der Waals surface area contributed by atoms with Crippen LogP contribution in [-0.2, 0) is 17.8 Å². The highest BCUT2D eigenvalue weighted by molar-refractivity contribution is 7.80. The van der Waals surface area contributed by atoms with Gasteiger partial charge >= 0.3 is 5.97 Å². The summed E-state index contributed by atoms with van der Waals surface area (Å²) < 4.78 is 19.4. The molecule has 35 heavy (non-hydrogen) atoms. The first kappa shape index (κ1) is 26.0. The molecular formula is C27H30FN3O3S. The molecule has 0 aliphatic heterocycles. The summed E-state index contributed by atoms with van der Waals surface area (Å²) in [6, 6.07) is 22.1. The standard InChI is InChI=1S/C27H30FN3O3S/c28-22-10-6-11-23(18-22)34-24-12-13-25(31-19-20-7-2-1-3-8-20)21(17-24)9-4-5-15-29-27(35)30-16-14-26(32)33/h1-3,6-8,10-13,17-18,31H,4-5,9,14-16,19H2,(H,32,33)(H2,29,30,35). The summed E-state index contributed by atoms with van der Waals surface area (Å²) in [4.78, 5) is 10.6. The zero-order valence-corrected chi connectivity index (χ0v) is 20.2. The first-order valence-electron chi connectivity index (χ1n) is 11.6. The van der Waals surface area contributed by atoms with Gasteiger partial charge in [-0.15, -0.1) is 0 Å². The Labute approximate surface area is 210 Å². The molecule has 0 saturated carbocycles. The number of halogens is 1. The van der Waals surface area contributed by atoms with Crippen LogP contribution in [0.15, 0.2) is 72.8 Å². The molecule has 8 heteroatoms. The summed E-state index contributed by atoms with van der Waals surface area (Å²) in [5, 5.41) is 18.6. The van der Waals surface area contributed by atoms with Crippen LogP contribution in [0.25, 0.3) is 0 Å². The minimum absolute atomic E-state index is 0.0224. The summed E-state index contributed by atoms with van der Waals surface area (Å²) in [7, 11) is 0. The number of hydrogen-bond donors (Lipinski definition) is 4. The zero-order chi connectivity index (χ0) is 24.9. The largest absolute Gasteiger partial charge is 0.481 e. The maximum absolute atomic E-state index is 13.5. The van der Waals surface area contributed by atoms with Gasteiger partial charge in [-0.05, 0) is 72.9 Å². The van der Waals surface area contributed by atoms with E-state index in [1.165, 1.54) is 17.7 Å². The molecule has 0 fully saturated rings. The minimum Gasteiger partial charge on any atom is -0.481 e. The number of ether oxygens (including phenoxy) is 1. The molecule has 184 valence electrons. The summed E-state index contributed by atoms with van der Waals surface area (Å²) in [6.07, 6.45) is 2.63. The average Bonchev–Trinajstić information content (AvgIpc) is 2.84. The first-order valence-corrected chi connectivity index (χ1v) is 12.0. The number of nitrogens with one attached hydrogen (secondary N) is 3. The van der Waals surface area contributed by atoms with Crippen LogP contribution in [0.5, 0.6) is 11.5 Å². The fourth-order valence-corrected chi connectivity index (χ4v) is 3.66. The van der Waals surface area contributed by atoms with Crippen molar-refractivity contribution in [3.05, 3.63) is 89.7 Å². The van der Waals surface area contributed by atoms with Crippen molar-refractivity contribution in [2.24, 2.45) is 0 Å². The summed E-state index contributed by atoms with van der Waals surface area (Å²) in [5.41, 5.74) is 3.32. The van der Waals surface area contributed by atoms with Crippen LogP contribution in [0.3, 0.4) is 0 Å². The van der Waals surface area contributed by atoms with E-state index in [4.69, 9.17) is 22.1 Å². The van der Waals surface area contributed by atoms with E-state index in [0.29, 0.717) is 36.2 Å². The van der Waals surface area contributed by atoms with Gasteiger partial charge in [0, 0.05) is 31.4 Å². The number of hydrogen-bond acceptors (Lipinski definition) is 4. The second kappa shape index (κ2) is 13.9. The van der Waals surface area contributed by atoms with Crippen LogP contribution in [-0.4, -0.2) is 29.3 Å². The Morgan fingerprint density at radius 3 is 2.46 bits per heavy atom. The van der Waals surface area contributed by atoms with Crippen molar-refractivity contribution < 1.29 is 19.0 Å². The van der Waals surface area contributed by atoms with Gasteiger partial charge in [0.15, 0.2) is 5.11 Å². The van der Waals surface area contributed by atoms with E-state index in [9.17, 15) is 9.18 Å². The quantitative estimate of drug-likeness (QED) is 0.184. The molecule has 4 N–H and O–H groups in total. The van der Waals surface area contributed by atoms with E-state index in [2.05, 4.69) is 28.1 Å². The van der Waals surface area contributed by atoms with Gasteiger partial charge in [-0.25, -0.2) is 4.39 Å². The third-order valence-electron chi connectivity index (χ3n) is 5.22. The molecule has 0 spiro atoms. The lowest BCUT2D eigenvalue weighted by atomic mass is 10.0. The minimum atomic E-state index is -0.861. The number of carboxylic acid groups (broad SMARTS) is 1. The summed E-state index contributed by atoms with van der Waals surface area (Å²) in [6.45, 7) is 1.69. The van der Waals surface area contributed by atoms with E-state index in [0.717, 1.165) is 30.5 Å². The molecular weight excluding hydrogens is 465 g/mol. The highest BCUT2D eigenvalue weighted by Gasteiger charge is 2.07. The topological polar surface area (TPSA) is 82.6 Å². The van der Waals surface area contributed by atoms with Crippen LogP contribution in [0.4, 0.5) is 10.1 Å². The number of aryl methyl sites for hydroxylation is 1. The number of thiocarbonyl (C=S) groups is 1. The van der Waals surface area contributed by atoms with Crippen molar-refractivity contribution in [2.75, 3.05) is 18.4 Å². The second-order valence-corrected chi connectivity index (χ2v) is 8.41. The van der Waals surface area contributed by atoms with Crippen LogP contribution in [0.1, 0.15) is 30.4 Å². The smallest absolute Gasteiger partial charge is 0.305 e. The van der Waals surface area contributed by atoms with Gasteiger partial charge in [-0.3, -0.25) is 4.79 Å². The molecule has 0 bridgehead atoms.